The standard InChI is InChI=1S/C20H29N3O2/c1-2-21-19(24)15-22-9-4-10-23(12-11-22)20(25)14-16-7-8-17-5-3-6-18(17)13-16/h7-8,13H,2-6,9-12,14-15H2,1H3,(H,21,24). The maximum atomic E-state index is 12.7. The molecule has 3 rings (SSSR count). The molecule has 1 saturated heterocycles. The van der Waals surface area contributed by atoms with Crippen molar-refractivity contribution in [2.75, 3.05) is 39.3 Å². The molecule has 136 valence electrons. The first kappa shape index (κ1) is 17.9. The number of carbonyl (C=O) groups is 2. The van der Waals surface area contributed by atoms with Gasteiger partial charge >= 0.3 is 0 Å². The molecular formula is C20H29N3O2. The molecule has 1 aliphatic heterocycles. The number of benzene rings is 1. The Hall–Kier alpha value is -1.88. The monoisotopic (exact) mass is 343 g/mol. The van der Waals surface area contributed by atoms with Gasteiger partial charge in [-0.3, -0.25) is 14.5 Å². The summed E-state index contributed by atoms with van der Waals surface area (Å²) in [6.45, 7) is 6.17. The first-order chi connectivity index (χ1) is 12.2. The number of likely N-dealkylation sites (N-methyl/N-ethyl adjacent to an activating group) is 1. The Kier molecular flexibility index (Phi) is 6.08. The molecule has 5 nitrogen and oxygen atoms in total. The van der Waals surface area contributed by atoms with Crippen LogP contribution < -0.4 is 5.32 Å². The molecule has 0 saturated carbocycles. The molecule has 0 atom stereocenters. The van der Waals surface area contributed by atoms with Crippen LogP contribution in [0.1, 0.15) is 36.5 Å². The van der Waals surface area contributed by atoms with Gasteiger partial charge in [0.2, 0.25) is 11.8 Å². The van der Waals surface area contributed by atoms with Crippen LogP contribution in [-0.4, -0.2) is 60.9 Å². The van der Waals surface area contributed by atoms with Gasteiger partial charge in [0.25, 0.3) is 0 Å². The molecule has 0 bridgehead atoms. The van der Waals surface area contributed by atoms with Crippen LogP contribution in [0.4, 0.5) is 0 Å². The molecule has 1 fully saturated rings. The van der Waals surface area contributed by atoms with Gasteiger partial charge in [-0.1, -0.05) is 18.2 Å². The summed E-state index contributed by atoms with van der Waals surface area (Å²) >= 11 is 0. The van der Waals surface area contributed by atoms with E-state index in [-0.39, 0.29) is 11.8 Å². The molecule has 1 heterocycles. The minimum absolute atomic E-state index is 0.0698. The quantitative estimate of drug-likeness (QED) is 0.879. The number of nitrogens with one attached hydrogen (secondary N) is 1. The highest BCUT2D eigenvalue weighted by Crippen LogP contribution is 2.23. The van der Waals surface area contributed by atoms with Gasteiger partial charge in [-0.15, -0.1) is 0 Å². The smallest absolute Gasteiger partial charge is 0.234 e. The lowest BCUT2D eigenvalue weighted by Gasteiger charge is -2.22. The van der Waals surface area contributed by atoms with E-state index in [9.17, 15) is 9.59 Å². The van der Waals surface area contributed by atoms with Crippen molar-refractivity contribution in [1.82, 2.24) is 15.1 Å². The van der Waals surface area contributed by atoms with Crippen LogP contribution in [0.2, 0.25) is 0 Å². The van der Waals surface area contributed by atoms with Gasteiger partial charge in [0.05, 0.1) is 13.0 Å². The molecule has 0 radical (unpaired) electrons. The average molecular weight is 343 g/mol. The van der Waals surface area contributed by atoms with Gasteiger partial charge in [-0.25, -0.2) is 0 Å². The Bertz CT molecular complexity index is 629. The van der Waals surface area contributed by atoms with E-state index in [1.165, 1.54) is 24.0 Å². The molecule has 2 amide bonds. The van der Waals surface area contributed by atoms with Crippen LogP contribution in [0.15, 0.2) is 18.2 Å². The largest absolute Gasteiger partial charge is 0.355 e. The first-order valence-electron chi connectivity index (χ1n) is 9.53. The lowest BCUT2D eigenvalue weighted by atomic mass is 10.0. The van der Waals surface area contributed by atoms with Gasteiger partial charge in [0.15, 0.2) is 0 Å². The van der Waals surface area contributed by atoms with E-state index in [2.05, 4.69) is 28.4 Å². The second-order valence-corrected chi connectivity index (χ2v) is 7.10. The van der Waals surface area contributed by atoms with E-state index >= 15 is 0 Å². The summed E-state index contributed by atoms with van der Waals surface area (Å²) in [6.07, 6.45) is 4.98. The van der Waals surface area contributed by atoms with E-state index in [0.717, 1.165) is 38.0 Å². The van der Waals surface area contributed by atoms with Crippen LogP contribution >= 0.6 is 0 Å². The van der Waals surface area contributed by atoms with Crippen LogP contribution in [0, 0.1) is 0 Å². The molecule has 1 aromatic carbocycles. The minimum Gasteiger partial charge on any atom is -0.355 e. The van der Waals surface area contributed by atoms with E-state index in [4.69, 9.17) is 0 Å². The number of amides is 2. The van der Waals surface area contributed by atoms with E-state index in [0.29, 0.717) is 26.1 Å². The van der Waals surface area contributed by atoms with Gasteiger partial charge in [0.1, 0.15) is 0 Å². The maximum Gasteiger partial charge on any atom is 0.234 e. The predicted octanol–water partition coefficient (Wildman–Crippen LogP) is 1.39. The third kappa shape index (κ3) is 4.82. The van der Waals surface area contributed by atoms with Crippen molar-refractivity contribution < 1.29 is 9.59 Å². The molecule has 25 heavy (non-hydrogen) atoms. The number of nitrogens with zero attached hydrogens (tertiary/aromatic N) is 2. The molecule has 1 N–H and O–H groups in total. The van der Waals surface area contributed by atoms with Gasteiger partial charge < -0.3 is 10.2 Å². The van der Waals surface area contributed by atoms with Crippen molar-refractivity contribution in [2.45, 2.75) is 39.0 Å². The summed E-state index contributed by atoms with van der Waals surface area (Å²) in [5.74, 6) is 0.276. The molecule has 1 aliphatic carbocycles. The summed E-state index contributed by atoms with van der Waals surface area (Å²) in [7, 11) is 0. The van der Waals surface area contributed by atoms with E-state index in [1.807, 2.05) is 11.8 Å². The van der Waals surface area contributed by atoms with Gasteiger partial charge in [-0.2, -0.15) is 0 Å². The van der Waals surface area contributed by atoms with E-state index < -0.39 is 0 Å². The molecule has 5 heteroatoms. The van der Waals surface area contributed by atoms with Crippen molar-refractivity contribution in [3.05, 3.63) is 34.9 Å². The summed E-state index contributed by atoms with van der Waals surface area (Å²) < 4.78 is 0. The molecule has 0 spiro atoms. The Morgan fingerprint density at radius 1 is 1.04 bits per heavy atom. The van der Waals surface area contributed by atoms with E-state index in [1.54, 1.807) is 0 Å². The molecular weight excluding hydrogens is 314 g/mol. The normalized spacial score (nSPS) is 17.9. The van der Waals surface area contributed by atoms with Gasteiger partial charge in [-0.05, 0) is 49.3 Å². The van der Waals surface area contributed by atoms with Crippen LogP contribution in [0.5, 0.6) is 0 Å². The Morgan fingerprint density at radius 2 is 1.88 bits per heavy atom. The second kappa shape index (κ2) is 8.48. The minimum atomic E-state index is 0.0698. The van der Waals surface area contributed by atoms with Crippen molar-refractivity contribution in [1.29, 1.82) is 0 Å². The lowest BCUT2D eigenvalue weighted by Crippen LogP contribution is -2.40. The molecule has 0 aromatic heterocycles. The number of aryl methyl sites for hydroxylation is 2. The highest BCUT2D eigenvalue weighted by Gasteiger charge is 2.21. The fraction of sp³-hybridized carbons (Fsp3) is 0.600. The Labute approximate surface area is 150 Å². The zero-order valence-corrected chi connectivity index (χ0v) is 15.2. The van der Waals surface area contributed by atoms with Crippen LogP contribution in [0.25, 0.3) is 0 Å². The fourth-order valence-corrected chi connectivity index (χ4v) is 3.86. The summed E-state index contributed by atoms with van der Waals surface area (Å²) in [6, 6.07) is 6.53. The van der Waals surface area contributed by atoms with Crippen molar-refractivity contribution in [3.63, 3.8) is 0 Å². The Balaban J connectivity index is 1.52. The summed E-state index contributed by atoms with van der Waals surface area (Å²) in [5, 5.41) is 2.84. The topological polar surface area (TPSA) is 52.7 Å². The zero-order chi connectivity index (χ0) is 17.6. The third-order valence-electron chi connectivity index (χ3n) is 5.20. The number of hydrogen-bond donors (Lipinski definition) is 1. The molecule has 1 aromatic rings. The fourth-order valence-electron chi connectivity index (χ4n) is 3.86. The lowest BCUT2D eigenvalue weighted by molar-refractivity contribution is -0.130. The maximum absolute atomic E-state index is 12.7. The predicted molar refractivity (Wildman–Crippen MR) is 98.5 cm³/mol. The number of hydrogen-bond acceptors (Lipinski definition) is 3. The first-order valence-corrected chi connectivity index (χ1v) is 9.53. The zero-order valence-electron chi connectivity index (χ0n) is 15.2. The highest BCUT2D eigenvalue weighted by atomic mass is 16.2. The third-order valence-corrected chi connectivity index (χ3v) is 5.20. The summed E-state index contributed by atoms with van der Waals surface area (Å²) in [4.78, 5) is 28.5. The molecule has 2 aliphatic rings. The van der Waals surface area contributed by atoms with Gasteiger partial charge in [0, 0.05) is 32.7 Å². The van der Waals surface area contributed by atoms with Crippen molar-refractivity contribution in [2.24, 2.45) is 0 Å². The van der Waals surface area contributed by atoms with Crippen molar-refractivity contribution >= 4 is 11.8 Å². The highest BCUT2D eigenvalue weighted by molar-refractivity contribution is 5.79. The second-order valence-electron chi connectivity index (χ2n) is 7.10. The summed E-state index contributed by atoms with van der Waals surface area (Å²) in [5.41, 5.74) is 4.01. The SMILES string of the molecule is CCNC(=O)CN1CCCN(C(=O)Cc2ccc3c(c2)CCC3)CC1. The van der Waals surface area contributed by atoms with Crippen LogP contribution in [-0.2, 0) is 28.9 Å². The number of rotatable bonds is 5. The number of carbonyl (C=O) groups excluding carboxylic acids is 2. The Morgan fingerprint density at radius 3 is 2.72 bits per heavy atom. The average Bonchev–Trinajstić information content (AvgIpc) is 2.93. The van der Waals surface area contributed by atoms with Crippen LogP contribution in [0.3, 0.4) is 0 Å². The molecule has 0 unspecified atom stereocenters. The number of fused-ring (bicyclic) bond motifs is 1. The van der Waals surface area contributed by atoms with Crippen molar-refractivity contribution in [3.8, 4) is 0 Å².